The van der Waals surface area contributed by atoms with Crippen LogP contribution in [0.1, 0.15) is 10.4 Å². The number of rotatable bonds is 1. The van der Waals surface area contributed by atoms with Crippen LogP contribution in [0.5, 0.6) is 0 Å². The van der Waals surface area contributed by atoms with Gasteiger partial charge in [0.2, 0.25) is 0 Å². The molecule has 0 radical (unpaired) electrons. The van der Waals surface area contributed by atoms with Gasteiger partial charge in [0.15, 0.2) is 0 Å². The molecule has 0 spiro atoms. The maximum atomic E-state index is 10.8. The van der Waals surface area contributed by atoms with E-state index in [1.807, 2.05) is 0 Å². The summed E-state index contributed by atoms with van der Waals surface area (Å²) >= 11 is 0. The highest BCUT2D eigenvalue weighted by atomic mass is 16.5. The first-order valence-electron chi connectivity index (χ1n) is 2.91. The molecule has 0 aliphatic heterocycles. The van der Waals surface area contributed by atoms with E-state index in [9.17, 15) is 4.79 Å². The van der Waals surface area contributed by atoms with Crippen LogP contribution in [-0.2, 0) is 4.74 Å². The molecule has 0 unspecified atom stereocenters. The highest BCUT2D eigenvalue weighted by molar-refractivity contribution is 5.89. The van der Waals surface area contributed by atoms with Crippen LogP contribution in [0.25, 0.3) is 0 Å². The van der Waals surface area contributed by atoms with Crippen LogP contribution in [0, 0.1) is 12.5 Å². The van der Waals surface area contributed by atoms with Crippen molar-refractivity contribution >= 4 is 5.97 Å². The van der Waals surface area contributed by atoms with Crippen LogP contribution in [0.4, 0.5) is 0 Å². The van der Waals surface area contributed by atoms with Crippen LogP contribution in [0.2, 0.25) is 0 Å². The molecule has 1 rings (SSSR count). The number of ether oxygens (including phenoxy) is 1. The van der Waals surface area contributed by atoms with E-state index >= 15 is 0 Å². The summed E-state index contributed by atoms with van der Waals surface area (Å²) in [5.74, 6) is -0.555. The van der Waals surface area contributed by atoms with Crippen LogP contribution < -0.4 is 0 Å². The van der Waals surface area contributed by atoms with Gasteiger partial charge in [0.1, 0.15) is 6.11 Å². The molecule has 0 aliphatic rings. The highest BCUT2D eigenvalue weighted by Crippen LogP contribution is 1.97. The molecular formula is C8H5NO2. The standard InChI is InChI=1S/C8H5NO2/c1-2-11-8(10)7-4-3-5-9-6-7/h1,3-6H. The van der Waals surface area contributed by atoms with Crippen molar-refractivity contribution in [3.05, 3.63) is 30.1 Å². The van der Waals surface area contributed by atoms with Gasteiger partial charge in [-0.2, -0.15) is 0 Å². The molecule has 0 saturated carbocycles. The predicted molar refractivity (Wildman–Crippen MR) is 38.5 cm³/mol. The Morgan fingerprint density at radius 1 is 1.73 bits per heavy atom. The summed E-state index contributed by atoms with van der Waals surface area (Å²) in [4.78, 5) is 14.6. The Morgan fingerprint density at radius 2 is 2.55 bits per heavy atom. The van der Waals surface area contributed by atoms with E-state index < -0.39 is 5.97 Å². The molecule has 0 N–H and O–H groups in total. The Hall–Kier alpha value is -1.82. The van der Waals surface area contributed by atoms with Crippen LogP contribution >= 0.6 is 0 Å². The fourth-order valence-corrected chi connectivity index (χ4v) is 0.596. The molecule has 1 aromatic rings. The zero-order valence-corrected chi connectivity index (χ0v) is 5.65. The first-order chi connectivity index (χ1) is 5.34. The molecule has 0 saturated heterocycles. The second-order valence-corrected chi connectivity index (χ2v) is 1.75. The maximum Gasteiger partial charge on any atom is 0.353 e. The molecule has 1 heterocycles. The number of pyridine rings is 1. The van der Waals surface area contributed by atoms with Crippen molar-refractivity contribution in [3.8, 4) is 12.5 Å². The molecule has 0 atom stereocenters. The van der Waals surface area contributed by atoms with Gasteiger partial charge in [0, 0.05) is 12.4 Å². The lowest BCUT2D eigenvalue weighted by Gasteiger charge is -1.93. The molecule has 54 valence electrons. The predicted octanol–water partition coefficient (Wildman–Crippen LogP) is 0.829. The summed E-state index contributed by atoms with van der Waals surface area (Å²) in [5, 5.41) is 0. The fraction of sp³-hybridized carbons (Fsp3) is 0. The maximum absolute atomic E-state index is 10.8. The smallest absolute Gasteiger partial charge is 0.353 e. The average molecular weight is 147 g/mol. The molecule has 11 heavy (non-hydrogen) atoms. The third-order valence-electron chi connectivity index (χ3n) is 1.05. The zero-order valence-electron chi connectivity index (χ0n) is 5.65. The van der Waals surface area contributed by atoms with E-state index in [-0.39, 0.29) is 0 Å². The molecule has 3 nitrogen and oxygen atoms in total. The minimum atomic E-state index is -0.555. The second-order valence-electron chi connectivity index (χ2n) is 1.75. The summed E-state index contributed by atoms with van der Waals surface area (Å²) in [5.41, 5.74) is 0.352. The largest absolute Gasteiger partial charge is 0.369 e. The molecule has 3 heteroatoms. The summed E-state index contributed by atoms with van der Waals surface area (Å²) in [6.07, 6.45) is 9.49. The van der Waals surface area contributed by atoms with E-state index in [0.29, 0.717) is 5.56 Å². The topological polar surface area (TPSA) is 39.2 Å². The van der Waals surface area contributed by atoms with Gasteiger partial charge in [-0.1, -0.05) is 6.42 Å². The van der Waals surface area contributed by atoms with Crippen molar-refractivity contribution in [2.75, 3.05) is 0 Å². The molecule has 0 amide bonds. The van der Waals surface area contributed by atoms with Gasteiger partial charge in [0.25, 0.3) is 0 Å². The molecule has 1 aromatic heterocycles. The van der Waals surface area contributed by atoms with Gasteiger partial charge in [-0.15, -0.1) is 0 Å². The third-order valence-corrected chi connectivity index (χ3v) is 1.05. The fourth-order valence-electron chi connectivity index (χ4n) is 0.596. The Balaban J connectivity index is 2.79. The van der Waals surface area contributed by atoms with Crippen LogP contribution in [-0.4, -0.2) is 11.0 Å². The van der Waals surface area contributed by atoms with Gasteiger partial charge >= 0.3 is 5.97 Å². The molecule has 0 bridgehead atoms. The number of carbonyl (C=O) groups excluding carboxylic acids is 1. The SMILES string of the molecule is C#COC(=O)c1cccnc1. The summed E-state index contributed by atoms with van der Waals surface area (Å²) in [6.45, 7) is 0. The van der Waals surface area contributed by atoms with Crippen molar-refractivity contribution in [3.63, 3.8) is 0 Å². The van der Waals surface area contributed by atoms with Crippen molar-refractivity contribution in [1.29, 1.82) is 0 Å². The minimum Gasteiger partial charge on any atom is -0.369 e. The molecule has 0 aliphatic carbocycles. The number of esters is 1. The lowest BCUT2D eigenvalue weighted by molar-refractivity contribution is 0.0690. The second kappa shape index (κ2) is 3.37. The number of nitrogens with zero attached hydrogens (tertiary/aromatic N) is 1. The highest BCUT2D eigenvalue weighted by Gasteiger charge is 2.03. The Labute approximate surface area is 64.0 Å². The van der Waals surface area contributed by atoms with E-state index in [2.05, 4.69) is 9.72 Å². The number of aromatic nitrogens is 1. The Morgan fingerprint density at radius 3 is 3.09 bits per heavy atom. The summed E-state index contributed by atoms with van der Waals surface area (Å²) < 4.78 is 4.28. The third kappa shape index (κ3) is 1.80. The lowest BCUT2D eigenvalue weighted by atomic mass is 10.3. The van der Waals surface area contributed by atoms with E-state index in [4.69, 9.17) is 6.42 Å². The van der Waals surface area contributed by atoms with E-state index in [0.717, 1.165) is 0 Å². The zero-order chi connectivity index (χ0) is 8.10. The van der Waals surface area contributed by atoms with Gasteiger partial charge < -0.3 is 4.74 Å². The summed E-state index contributed by atoms with van der Waals surface area (Å²) in [6, 6.07) is 3.21. The van der Waals surface area contributed by atoms with Crippen molar-refractivity contribution in [2.24, 2.45) is 0 Å². The van der Waals surface area contributed by atoms with E-state index in [1.54, 1.807) is 24.4 Å². The minimum absolute atomic E-state index is 0.352. The van der Waals surface area contributed by atoms with Gasteiger partial charge in [-0.3, -0.25) is 4.98 Å². The van der Waals surface area contributed by atoms with Crippen molar-refractivity contribution < 1.29 is 9.53 Å². The summed E-state index contributed by atoms with van der Waals surface area (Å²) in [7, 11) is 0. The molecule has 0 aromatic carbocycles. The number of hydrogen-bond acceptors (Lipinski definition) is 3. The normalized spacial score (nSPS) is 8.27. The Bertz CT molecular complexity index is 287. The number of terminal acetylenes is 1. The quantitative estimate of drug-likeness (QED) is 0.436. The van der Waals surface area contributed by atoms with Crippen LogP contribution in [0.3, 0.4) is 0 Å². The first-order valence-corrected chi connectivity index (χ1v) is 2.91. The first kappa shape index (κ1) is 7.29. The number of hydrogen-bond donors (Lipinski definition) is 0. The van der Waals surface area contributed by atoms with E-state index in [1.165, 1.54) is 6.20 Å². The van der Waals surface area contributed by atoms with Gasteiger partial charge in [0.05, 0.1) is 5.56 Å². The van der Waals surface area contributed by atoms with Gasteiger partial charge in [-0.25, -0.2) is 4.79 Å². The average Bonchev–Trinajstić information content (AvgIpc) is 2.07. The number of carbonyl (C=O) groups is 1. The molecule has 0 fully saturated rings. The lowest BCUT2D eigenvalue weighted by Crippen LogP contribution is -2.00. The van der Waals surface area contributed by atoms with Crippen molar-refractivity contribution in [2.45, 2.75) is 0 Å². The van der Waals surface area contributed by atoms with Crippen molar-refractivity contribution in [1.82, 2.24) is 4.98 Å². The van der Waals surface area contributed by atoms with Gasteiger partial charge in [-0.05, 0) is 12.1 Å². The monoisotopic (exact) mass is 147 g/mol. The Kier molecular flexibility index (Phi) is 2.24. The molecular weight excluding hydrogens is 142 g/mol. The van der Waals surface area contributed by atoms with Crippen LogP contribution in [0.15, 0.2) is 24.5 Å².